The molecule has 2 aromatic rings. The number of anilines is 1. The monoisotopic (exact) mass is 334 g/mol. The Bertz CT molecular complexity index is 677. The van der Waals surface area contributed by atoms with Crippen LogP contribution in [0, 0.1) is 0 Å². The molecule has 0 aliphatic heterocycles. The maximum absolute atomic E-state index is 12.1. The minimum Gasteiger partial charge on any atom is -0.492 e. The highest BCUT2D eigenvalue weighted by molar-refractivity contribution is 6.30. The number of hydrogen-bond acceptors (Lipinski definition) is 3. The lowest BCUT2D eigenvalue weighted by molar-refractivity contribution is 0.251. The van der Waals surface area contributed by atoms with Crippen molar-refractivity contribution in [1.82, 2.24) is 5.32 Å². The average molecular weight is 335 g/mol. The standard InChI is InChI=1S/C17H19ClN2O3/c1-2-23-16-9-14(18)7-8-15(16)20-17(22)19-10-12-5-3-4-6-13(12)11-21/h3-9,21H,2,10-11H2,1H3,(H2,19,20,22). The first-order valence-electron chi connectivity index (χ1n) is 7.29. The van der Waals surface area contributed by atoms with Crippen LogP contribution in [0.4, 0.5) is 10.5 Å². The number of urea groups is 1. The molecule has 0 aromatic heterocycles. The van der Waals surface area contributed by atoms with Gasteiger partial charge in [0.1, 0.15) is 5.75 Å². The van der Waals surface area contributed by atoms with Crippen LogP contribution in [-0.4, -0.2) is 17.7 Å². The lowest BCUT2D eigenvalue weighted by atomic mass is 10.1. The smallest absolute Gasteiger partial charge is 0.319 e. The first kappa shape index (κ1) is 17.1. The Hall–Kier alpha value is -2.24. The number of halogens is 1. The first-order valence-corrected chi connectivity index (χ1v) is 7.66. The molecule has 0 radical (unpaired) electrons. The summed E-state index contributed by atoms with van der Waals surface area (Å²) >= 11 is 5.93. The van der Waals surface area contributed by atoms with Gasteiger partial charge in [0.2, 0.25) is 0 Å². The number of ether oxygens (including phenoxy) is 1. The molecule has 2 amide bonds. The summed E-state index contributed by atoms with van der Waals surface area (Å²) in [6.45, 7) is 2.59. The Morgan fingerprint density at radius 1 is 1.22 bits per heavy atom. The molecule has 5 nitrogen and oxygen atoms in total. The minimum absolute atomic E-state index is 0.0643. The summed E-state index contributed by atoms with van der Waals surface area (Å²) in [6.07, 6.45) is 0. The van der Waals surface area contributed by atoms with Crippen molar-refractivity contribution < 1.29 is 14.6 Å². The molecule has 0 unspecified atom stereocenters. The van der Waals surface area contributed by atoms with E-state index in [1.807, 2.05) is 31.2 Å². The molecule has 0 saturated heterocycles. The molecule has 0 spiro atoms. The van der Waals surface area contributed by atoms with Gasteiger partial charge in [-0.2, -0.15) is 0 Å². The number of amides is 2. The predicted octanol–water partition coefficient (Wildman–Crippen LogP) is 3.55. The van der Waals surface area contributed by atoms with E-state index in [0.29, 0.717) is 29.6 Å². The SMILES string of the molecule is CCOc1cc(Cl)ccc1NC(=O)NCc1ccccc1CO. The van der Waals surface area contributed by atoms with Crippen LogP contribution in [0.2, 0.25) is 5.02 Å². The number of aliphatic hydroxyl groups is 1. The van der Waals surface area contributed by atoms with Gasteiger partial charge in [-0.25, -0.2) is 4.79 Å². The van der Waals surface area contributed by atoms with Crippen LogP contribution in [-0.2, 0) is 13.2 Å². The molecule has 23 heavy (non-hydrogen) atoms. The van der Waals surface area contributed by atoms with E-state index in [-0.39, 0.29) is 12.6 Å². The third-order valence-electron chi connectivity index (χ3n) is 3.22. The van der Waals surface area contributed by atoms with E-state index in [4.69, 9.17) is 16.3 Å². The number of nitrogens with one attached hydrogen (secondary N) is 2. The van der Waals surface area contributed by atoms with Gasteiger partial charge >= 0.3 is 6.03 Å². The van der Waals surface area contributed by atoms with Gasteiger partial charge in [-0.3, -0.25) is 0 Å². The van der Waals surface area contributed by atoms with E-state index < -0.39 is 0 Å². The second-order valence-corrected chi connectivity index (χ2v) is 5.24. The molecule has 122 valence electrons. The van der Waals surface area contributed by atoms with E-state index in [1.54, 1.807) is 18.2 Å². The van der Waals surface area contributed by atoms with E-state index in [1.165, 1.54) is 0 Å². The van der Waals surface area contributed by atoms with Gasteiger partial charge < -0.3 is 20.5 Å². The first-order chi connectivity index (χ1) is 11.1. The molecule has 0 aliphatic rings. The van der Waals surface area contributed by atoms with Gasteiger partial charge in [-0.15, -0.1) is 0 Å². The van der Waals surface area contributed by atoms with Crippen LogP contribution in [0.25, 0.3) is 0 Å². The molecule has 0 atom stereocenters. The lowest BCUT2D eigenvalue weighted by Gasteiger charge is -2.13. The highest BCUT2D eigenvalue weighted by Crippen LogP contribution is 2.28. The molecule has 0 fully saturated rings. The minimum atomic E-state index is -0.360. The Morgan fingerprint density at radius 2 is 1.96 bits per heavy atom. The van der Waals surface area contributed by atoms with Crippen molar-refractivity contribution in [2.45, 2.75) is 20.1 Å². The topological polar surface area (TPSA) is 70.6 Å². The summed E-state index contributed by atoms with van der Waals surface area (Å²) in [7, 11) is 0. The molecule has 0 bridgehead atoms. The van der Waals surface area contributed by atoms with Crippen molar-refractivity contribution in [2.24, 2.45) is 0 Å². The van der Waals surface area contributed by atoms with Gasteiger partial charge in [0.15, 0.2) is 0 Å². The number of carbonyl (C=O) groups is 1. The van der Waals surface area contributed by atoms with Crippen molar-refractivity contribution in [3.8, 4) is 5.75 Å². The highest BCUT2D eigenvalue weighted by Gasteiger charge is 2.09. The zero-order valence-corrected chi connectivity index (χ0v) is 13.6. The zero-order valence-electron chi connectivity index (χ0n) is 12.8. The van der Waals surface area contributed by atoms with E-state index in [9.17, 15) is 9.90 Å². The van der Waals surface area contributed by atoms with Gasteiger partial charge in [0, 0.05) is 17.6 Å². The maximum Gasteiger partial charge on any atom is 0.319 e. The summed E-state index contributed by atoms with van der Waals surface area (Å²) in [5, 5.41) is 15.3. The summed E-state index contributed by atoms with van der Waals surface area (Å²) in [5.74, 6) is 0.519. The Kier molecular flexibility index (Phi) is 6.26. The van der Waals surface area contributed by atoms with Crippen LogP contribution in [0.5, 0.6) is 5.75 Å². The summed E-state index contributed by atoms with van der Waals surface area (Å²) in [6, 6.07) is 12.1. The Labute approximate surface area is 140 Å². The van der Waals surface area contributed by atoms with Gasteiger partial charge in [-0.1, -0.05) is 35.9 Å². The number of carbonyl (C=O) groups excluding carboxylic acids is 1. The Balaban J connectivity index is 2.00. The summed E-state index contributed by atoms with van der Waals surface area (Å²) in [5.41, 5.74) is 2.20. The molecule has 0 heterocycles. The van der Waals surface area contributed by atoms with Crippen molar-refractivity contribution >= 4 is 23.3 Å². The van der Waals surface area contributed by atoms with Crippen LogP contribution < -0.4 is 15.4 Å². The van der Waals surface area contributed by atoms with Crippen LogP contribution >= 0.6 is 11.6 Å². The van der Waals surface area contributed by atoms with Crippen molar-refractivity contribution in [3.63, 3.8) is 0 Å². The van der Waals surface area contributed by atoms with Crippen molar-refractivity contribution in [3.05, 3.63) is 58.6 Å². The van der Waals surface area contributed by atoms with Gasteiger partial charge in [-0.05, 0) is 30.2 Å². The molecule has 2 aromatic carbocycles. The molecule has 2 rings (SSSR count). The third-order valence-corrected chi connectivity index (χ3v) is 3.45. The molecule has 0 aliphatic carbocycles. The van der Waals surface area contributed by atoms with E-state index >= 15 is 0 Å². The third kappa shape index (κ3) is 4.87. The van der Waals surface area contributed by atoms with E-state index in [0.717, 1.165) is 11.1 Å². The van der Waals surface area contributed by atoms with E-state index in [2.05, 4.69) is 10.6 Å². The summed E-state index contributed by atoms with van der Waals surface area (Å²) < 4.78 is 5.46. The van der Waals surface area contributed by atoms with Gasteiger partial charge in [0.25, 0.3) is 0 Å². The zero-order chi connectivity index (χ0) is 16.7. The molecule has 0 saturated carbocycles. The Morgan fingerprint density at radius 3 is 2.65 bits per heavy atom. The second-order valence-electron chi connectivity index (χ2n) is 4.81. The molecule has 3 N–H and O–H groups in total. The predicted molar refractivity (Wildman–Crippen MR) is 90.8 cm³/mol. The quantitative estimate of drug-likeness (QED) is 0.756. The highest BCUT2D eigenvalue weighted by atomic mass is 35.5. The van der Waals surface area contributed by atoms with Crippen LogP contribution in [0.1, 0.15) is 18.1 Å². The van der Waals surface area contributed by atoms with Gasteiger partial charge in [0.05, 0.1) is 18.9 Å². The normalized spacial score (nSPS) is 10.2. The number of hydrogen-bond donors (Lipinski definition) is 3. The second kappa shape index (κ2) is 8.41. The number of aliphatic hydroxyl groups excluding tert-OH is 1. The fourth-order valence-corrected chi connectivity index (χ4v) is 2.26. The summed E-state index contributed by atoms with van der Waals surface area (Å²) in [4.78, 5) is 12.1. The number of benzene rings is 2. The molecular weight excluding hydrogens is 316 g/mol. The lowest BCUT2D eigenvalue weighted by Crippen LogP contribution is -2.28. The maximum atomic E-state index is 12.1. The average Bonchev–Trinajstić information content (AvgIpc) is 2.56. The fourth-order valence-electron chi connectivity index (χ4n) is 2.10. The number of rotatable bonds is 6. The largest absolute Gasteiger partial charge is 0.492 e. The van der Waals surface area contributed by atoms with Crippen LogP contribution in [0.3, 0.4) is 0 Å². The fraction of sp³-hybridized carbons (Fsp3) is 0.235. The van der Waals surface area contributed by atoms with Crippen molar-refractivity contribution in [2.75, 3.05) is 11.9 Å². The van der Waals surface area contributed by atoms with Crippen molar-refractivity contribution in [1.29, 1.82) is 0 Å². The van der Waals surface area contributed by atoms with Crippen LogP contribution in [0.15, 0.2) is 42.5 Å². The molecular formula is C17H19ClN2O3. The molecule has 6 heteroatoms.